The van der Waals surface area contributed by atoms with Crippen LogP contribution in [0.1, 0.15) is 37.1 Å². The molecule has 1 amide bonds. The molecule has 0 bridgehead atoms. The zero-order chi connectivity index (χ0) is 19.5. The first-order valence-electron chi connectivity index (χ1n) is 9.51. The summed E-state index contributed by atoms with van der Waals surface area (Å²) in [7, 11) is 0. The van der Waals surface area contributed by atoms with E-state index in [9.17, 15) is 10.1 Å². The minimum absolute atomic E-state index is 0.0888. The number of nitrogens with zero attached hydrogens (tertiary/aromatic N) is 5. The van der Waals surface area contributed by atoms with E-state index >= 15 is 0 Å². The molecular weight excluding hydrogens is 352 g/mol. The number of para-hydroxylation sites is 1. The Labute approximate surface area is 163 Å². The van der Waals surface area contributed by atoms with E-state index in [1.165, 1.54) is 0 Å². The Bertz CT molecular complexity index is 1030. The van der Waals surface area contributed by atoms with E-state index < -0.39 is 0 Å². The highest BCUT2D eigenvalue weighted by molar-refractivity contribution is 5.95. The van der Waals surface area contributed by atoms with Crippen molar-refractivity contribution in [3.05, 3.63) is 60.0 Å². The molecule has 1 atom stereocenters. The fourth-order valence-corrected chi connectivity index (χ4v) is 3.78. The standard InChI is InChI=1S/C21H22N6O/c1-15(21(28)23-18-7-3-2-6-17(18)14-22)26-12-9-16(10-13-26)20-25-24-19-8-4-5-11-27(19)20/h2-8,11,15-16H,9-10,12-13H2,1H3,(H,23,28). The van der Waals surface area contributed by atoms with Crippen LogP contribution in [0, 0.1) is 11.3 Å². The lowest BCUT2D eigenvalue weighted by Crippen LogP contribution is -2.46. The Hall–Kier alpha value is -3.24. The topological polar surface area (TPSA) is 86.3 Å². The number of benzene rings is 1. The molecule has 142 valence electrons. The zero-order valence-corrected chi connectivity index (χ0v) is 15.7. The summed E-state index contributed by atoms with van der Waals surface area (Å²) < 4.78 is 2.05. The number of carbonyl (C=O) groups excluding carboxylic acids is 1. The molecule has 3 heterocycles. The van der Waals surface area contributed by atoms with E-state index in [0.29, 0.717) is 17.2 Å². The Morgan fingerprint density at radius 2 is 1.93 bits per heavy atom. The lowest BCUT2D eigenvalue weighted by atomic mass is 9.95. The SMILES string of the molecule is CC(C(=O)Nc1ccccc1C#N)N1CCC(c2nnc3ccccn23)CC1. The van der Waals surface area contributed by atoms with Gasteiger partial charge in [0.1, 0.15) is 11.9 Å². The molecule has 1 N–H and O–H groups in total. The van der Waals surface area contributed by atoms with E-state index in [1.807, 2.05) is 37.4 Å². The van der Waals surface area contributed by atoms with Crippen LogP contribution in [0.2, 0.25) is 0 Å². The number of nitrogens with one attached hydrogen (secondary N) is 1. The van der Waals surface area contributed by atoms with Crippen molar-refractivity contribution in [2.45, 2.75) is 31.7 Å². The Kier molecular flexibility index (Phi) is 5.04. The largest absolute Gasteiger partial charge is 0.324 e. The van der Waals surface area contributed by atoms with Crippen LogP contribution in [-0.2, 0) is 4.79 Å². The molecule has 7 nitrogen and oxygen atoms in total. The number of rotatable bonds is 4. The van der Waals surface area contributed by atoms with Gasteiger partial charge in [-0.1, -0.05) is 18.2 Å². The first-order valence-corrected chi connectivity index (χ1v) is 9.51. The van der Waals surface area contributed by atoms with Crippen molar-refractivity contribution in [1.29, 1.82) is 5.26 Å². The molecule has 0 saturated carbocycles. The van der Waals surface area contributed by atoms with Crippen molar-refractivity contribution in [3.8, 4) is 6.07 Å². The molecule has 0 spiro atoms. The van der Waals surface area contributed by atoms with Crippen LogP contribution >= 0.6 is 0 Å². The normalized spacial score (nSPS) is 16.6. The van der Waals surface area contributed by atoms with Gasteiger partial charge in [-0.15, -0.1) is 10.2 Å². The van der Waals surface area contributed by atoms with Crippen molar-refractivity contribution in [2.75, 3.05) is 18.4 Å². The van der Waals surface area contributed by atoms with Gasteiger partial charge in [-0.2, -0.15) is 5.26 Å². The number of fused-ring (bicyclic) bond motifs is 1. The van der Waals surface area contributed by atoms with Gasteiger partial charge in [0.2, 0.25) is 5.91 Å². The highest BCUT2D eigenvalue weighted by Gasteiger charge is 2.29. The van der Waals surface area contributed by atoms with E-state index in [0.717, 1.165) is 37.4 Å². The maximum absolute atomic E-state index is 12.7. The van der Waals surface area contributed by atoms with Crippen molar-refractivity contribution < 1.29 is 4.79 Å². The predicted octanol–water partition coefficient (Wildman–Crippen LogP) is 2.81. The van der Waals surface area contributed by atoms with Crippen LogP contribution in [-0.4, -0.2) is 44.5 Å². The monoisotopic (exact) mass is 374 g/mol. The van der Waals surface area contributed by atoms with Crippen LogP contribution in [0.5, 0.6) is 0 Å². The van der Waals surface area contributed by atoms with Crippen LogP contribution in [0.4, 0.5) is 5.69 Å². The number of pyridine rings is 1. The number of anilines is 1. The van der Waals surface area contributed by atoms with Crippen LogP contribution in [0.25, 0.3) is 5.65 Å². The molecule has 1 fully saturated rings. The quantitative estimate of drug-likeness (QED) is 0.759. The third-order valence-corrected chi connectivity index (χ3v) is 5.47. The third kappa shape index (κ3) is 3.47. The summed E-state index contributed by atoms with van der Waals surface area (Å²) in [5, 5.41) is 20.7. The summed E-state index contributed by atoms with van der Waals surface area (Å²) in [6.45, 7) is 3.55. The molecule has 1 aliphatic rings. The Morgan fingerprint density at radius 1 is 1.18 bits per heavy atom. The second-order valence-electron chi connectivity index (χ2n) is 7.12. The minimum Gasteiger partial charge on any atom is -0.324 e. The van der Waals surface area contributed by atoms with Gasteiger partial charge in [0.05, 0.1) is 17.3 Å². The summed E-state index contributed by atoms with van der Waals surface area (Å²) in [6, 6.07) is 14.8. The van der Waals surface area contributed by atoms with Crippen molar-refractivity contribution >= 4 is 17.2 Å². The van der Waals surface area contributed by atoms with Crippen molar-refractivity contribution in [1.82, 2.24) is 19.5 Å². The second-order valence-corrected chi connectivity index (χ2v) is 7.12. The average Bonchev–Trinajstić information content (AvgIpc) is 3.18. The summed E-state index contributed by atoms with van der Waals surface area (Å²) in [5.41, 5.74) is 1.90. The van der Waals surface area contributed by atoms with Gasteiger partial charge < -0.3 is 5.32 Å². The number of carbonyl (C=O) groups is 1. The van der Waals surface area contributed by atoms with Crippen molar-refractivity contribution in [3.63, 3.8) is 0 Å². The number of piperidine rings is 1. The van der Waals surface area contributed by atoms with E-state index in [1.54, 1.807) is 18.2 Å². The molecule has 0 aliphatic carbocycles. The summed E-state index contributed by atoms with van der Waals surface area (Å²) in [5.74, 6) is 1.24. The van der Waals surface area contributed by atoms with Crippen molar-refractivity contribution in [2.24, 2.45) is 0 Å². The van der Waals surface area contributed by atoms with Crippen LogP contribution in [0.3, 0.4) is 0 Å². The molecule has 1 unspecified atom stereocenters. The number of aromatic nitrogens is 3. The summed E-state index contributed by atoms with van der Waals surface area (Å²) >= 11 is 0. The van der Waals surface area contributed by atoms with E-state index in [2.05, 4.69) is 30.9 Å². The number of amides is 1. The number of likely N-dealkylation sites (tertiary alicyclic amines) is 1. The first-order chi connectivity index (χ1) is 13.7. The molecule has 4 rings (SSSR count). The average molecular weight is 374 g/mol. The zero-order valence-electron chi connectivity index (χ0n) is 15.7. The summed E-state index contributed by atoms with van der Waals surface area (Å²) in [6.07, 6.45) is 3.87. The second kappa shape index (κ2) is 7.79. The molecule has 1 aliphatic heterocycles. The highest BCUT2D eigenvalue weighted by Crippen LogP contribution is 2.28. The van der Waals surface area contributed by atoms with E-state index in [-0.39, 0.29) is 11.9 Å². The molecule has 0 radical (unpaired) electrons. The summed E-state index contributed by atoms with van der Waals surface area (Å²) in [4.78, 5) is 14.9. The van der Waals surface area contributed by atoms with Gasteiger partial charge >= 0.3 is 0 Å². The molecular formula is C21H22N6O. The lowest BCUT2D eigenvalue weighted by Gasteiger charge is -2.34. The van der Waals surface area contributed by atoms with Gasteiger partial charge in [0.25, 0.3) is 0 Å². The molecule has 3 aromatic rings. The fraction of sp³-hybridized carbons (Fsp3) is 0.333. The molecule has 2 aromatic heterocycles. The first kappa shape index (κ1) is 18.1. The number of nitriles is 1. The van der Waals surface area contributed by atoms with Gasteiger partial charge in [0, 0.05) is 12.1 Å². The fourth-order valence-electron chi connectivity index (χ4n) is 3.78. The third-order valence-electron chi connectivity index (χ3n) is 5.47. The molecule has 1 aromatic carbocycles. The maximum atomic E-state index is 12.7. The van der Waals surface area contributed by atoms with Gasteiger partial charge in [-0.05, 0) is 57.1 Å². The number of hydrogen-bond acceptors (Lipinski definition) is 5. The minimum atomic E-state index is -0.261. The van der Waals surface area contributed by atoms with Crippen LogP contribution < -0.4 is 5.32 Å². The highest BCUT2D eigenvalue weighted by atomic mass is 16.2. The van der Waals surface area contributed by atoms with Gasteiger partial charge in [0.15, 0.2) is 5.65 Å². The van der Waals surface area contributed by atoms with Crippen LogP contribution in [0.15, 0.2) is 48.7 Å². The van der Waals surface area contributed by atoms with Gasteiger partial charge in [-0.3, -0.25) is 14.1 Å². The Balaban J connectivity index is 1.39. The predicted molar refractivity (Wildman–Crippen MR) is 106 cm³/mol. The lowest BCUT2D eigenvalue weighted by molar-refractivity contribution is -0.121. The smallest absolute Gasteiger partial charge is 0.241 e. The van der Waals surface area contributed by atoms with Gasteiger partial charge in [-0.25, -0.2) is 0 Å². The Morgan fingerprint density at radius 3 is 2.71 bits per heavy atom. The number of hydrogen-bond donors (Lipinski definition) is 1. The molecule has 7 heteroatoms. The molecule has 1 saturated heterocycles. The molecule has 28 heavy (non-hydrogen) atoms. The maximum Gasteiger partial charge on any atom is 0.241 e. The van der Waals surface area contributed by atoms with E-state index in [4.69, 9.17) is 0 Å².